The second kappa shape index (κ2) is 5.26. The first kappa shape index (κ1) is 10.6. The van der Waals surface area contributed by atoms with Crippen molar-refractivity contribution in [1.82, 2.24) is 4.31 Å². The van der Waals surface area contributed by atoms with Gasteiger partial charge in [0.15, 0.2) is 0 Å². The zero-order chi connectivity index (χ0) is 8.85. The van der Waals surface area contributed by atoms with Crippen molar-refractivity contribution >= 4 is 17.2 Å². The number of rotatable bonds is 4. The zero-order valence-electron chi connectivity index (χ0n) is 6.70. The summed E-state index contributed by atoms with van der Waals surface area (Å²) in [6.07, 6.45) is 0.967. The van der Waals surface area contributed by atoms with Crippen LogP contribution in [0.5, 0.6) is 0 Å². The fourth-order valence-electron chi connectivity index (χ4n) is 0.703. The minimum absolute atomic E-state index is 0.217. The second-order valence-electron chi connectivity index (χ2n) is 2.06. The van der Waals surface area contributed by atoms with Gasteiger partial charge in [-0.25, -0.2) is 0 Å². The molecule has 4 nitrogen and oxygen atoms in total. The molecule has 0 fully saturated rings. The molecule has 0 saturated carbocycles. The van der Waals surface area contributed by atoms with Gasteiger partial charge in [-0.05, 0) is 13.3 Å². The molecule has 0 heterocycles. The Balaban J connectivity index is 4.03. The Bertz CT molecular complexity index is 160. The third-order valence-corrected chi connectivity index (χ3v) is 2.03. The van der Waals surface area contributed by atoms with Crippen LogP contribution in [0.3, 0.4) is 0 Å². The Morgan fingerprint density at radius 1 is 1.55 bits per heavy atom. The lowest BCUT2D eigenvalue weighted by molar-refractivity contribution is -0.126. The summed E-state index contributed by atoms with van der Waals surface area (Å²) in [7, 11) is 0. The molecule has 11 heavy (non-hydrogen) atoms. The van der Waals surface area contributed by atoms with Crippen LogP contribution in [-0.4, -0.2) is 25.5 Å². The fraction of sp³-hybridized carbons (Fsp3) is 0.833. The predicted octanol–water partition coefficient (Wildman–Crippen LogP) is 0.429. The molecular formula is C6H12NO3S-. The summed E-state index contributed by atoms with van der Waals surface area (Å²) in [6, 6.07) is 0. The summed E-state index contributed by atoms with van der Waals surface area (Å²) in [6.45, 7) is 3.68. The number of hydrogen-bond donors (Lipinski definition) is 0. The van der Waals surface area contributed by atoms with E-state index in [1.54, 1.807) is 6.92 Å². The molecule has 0 radical (unpaired) electrons. The van der Waals surface area contributed by atoms with E-state index in [-0.39, 0.29) is 12.5 Å². The standard InChI is InChI=1S/C6H13NO3S/c1-3-5-6(8)7(4-2)11(9)10/h3-5H2,1-2H3,(H,9,10)/p-1. The average Bonchev–Trinajstić information content (AvgIpc) is 1.88. The minimum Gasteiger partial charge on any atom is -0.755 e. The van der Waals surface area contributed by atoms with Crippen LogP contribution < -0.4 is 0 Å². The highest BCUT2D eigenvalue weighted by Crippen LogP contribution is 1.98. The van der Waals surface area contributed by atoms with Crippen LogP contribution in [-0.2, 0) is 16.1 Å². The van der Waals surface area contributed by atoms with E-state index in [0.717, 1.165) is 4.31 Å². The number of nitrogens with zero attached hydrogens (tertiary/aromatic N) is 1. The van der Waals surface area contributed by atoms with Crippen molar-refractivity contribution in [2.75, 3.05) is 6.54 Å². The lowest BCUT2D eigenvalue weighted by Crippen LogP contribution is -2.31. The molecule has 0 aromatic rings. The summed E-state index contributed by atoms with van der Waals surface area (Å²) in [5, 5.41) is 0. The van der Waals surface area contributed by atoms with Gasteiger partial charge in [0.1, 0.15) is 0 Å². The summed E-state index contributed by atoms with van der Waals surface area (Å²) in [5.41, 5.74) is 0. The van der Waals surface area contributed by atoms with E-state index in [2.05, 4.69) is 0 Å². The minimum atomic E-state index is -2.40. The van der Waals surface area contributed by atoms with Crippen molar-refractivity contribution in [3.63, 3.8) is 0 Å². The van der Waals surface area contributed by atoms with Gasteiger partial charge in [-0.1, -0.05) is 6.92 Å². The summed E-state index contributed by atoms with van der Waals surface area (Å²) < 4.78 is 21.5. The van der Waals surface area contributed by atoms with Crippen molar-refractivity contribution in [1.29, 1.82) is 0 Å². The largest absolute Gasteiger partial charge is 0.755 e. The van der Waals surface area contributed by atoms with Crippen molar-refractivity contribution < 1.29 is 13.6 Å². The Kier molecular flexibility index (Phi) is 5.06. The first-order valence-electron chi connectivity index (χ1n) is 3.53. The van der Waals surface area contributed by atoms with E-state index in [1.165, 1.54) is 0 Å². The third-order valence-electron chi connectivity index (χ3n) is 1.21. The molecule has 1 unspecified atom stereocenters. The van der Waals surface area contributed by atoms with Crippen molar-refractivity contribution in [2.24, 2.45) is 0 Å². The van der Waals surface area contributed by atoms with Crippen molar-refractivity contribution in [3.8, 4) is 0 Å². The van der Waals surface area contributed by atoms with Gasteiger partial charge in [-0.2, -0.15) is 0 Å². The van der Waals surface area contributed by atoms with E-state index in [1.807, 2.05) is 6.92 Å². The molecule has 1 amide bonds. The second-order valence-corrected chi connectivity index (χ2v) is 2.93. The summed E-state index contributed by atoms with van der Waals surface area (Å²) in [5.74, 6) is -0.330. The van der Waals surface area contributed by atoms with E-state index in [4.69, 9.17) is 0 Å². The highest BCUT2D eigenvalue weighted by atomic mass is 32.2. The molecular weight excluding hydrogens is 166 g/mol. The molecule has 0 rings (SSSR count). The van der Waals surface area contributed by atoms with E-state index in [9.17, 15) is 13.6 Å². The molecule has 0 aromatic carbocycles. The highest BCUT2D eigenvalue weighted by molar-refractivity contribution is 7.77. The van der Waals surface area contributed by atoms with E-state index >= 15 is 0 Å². The Morgan fingerprint density at radius 3 is 2.36 bits per heavy atom. The number of amides is 1. The van der Waals surface area contributed by atoms with Gasteiger partial charge in [0.2, 0.25) is 5.91 Å². The summed E-state index contributed by atoms with van der Waals surface area (Å²) in [4.78, 5) is 10.9. The predicted molar refractivity (Wildman–Crippen MR) is 41.2 cm³/mol. The van der Waals surface area contributed by atoms with Gasteiger partial charge >= 0.3 is 0 Å². The summed E-state index contributed by atoms with van der Waals surface area (Å²) >= 11 is -2.40. The van der Waals surface area contributed by atoms with Crippen LogP contribution in [0.15, 0.2) is 0 Å². The molecule has 1 atom stereocenters. The maximum atomic E-state index is 10.9. The molecule has 0 aliphatic heterocycles. The van der Waals surface area contributed by atoms with Crippen LogP contribution in [0.4, 0.5) is 0 Å². The van der Waals surface area contributed by atoms with Crippen molar-refractivity contribution in [2.45, 2.75) is 26.7 Å². The number of carbonyl (C=O) groups is 1. The SMILES string of the molecule is CCCC(=O)N(CC)S(=O)[O-]. The normalized spacial score (nSPS) is 12.6. The quantitative estimate of drug-likeness (QED) is 0.586. The van der Waals surface area contributed by atoms with Crippen LogP contribution >= 0.6 is 0 Å². The molecule has 0 aromatic heterocycles. The maximum Gasteiger partial charge on any atom is 0.233 e. The molecule has 0 bridgehead atoms. The highest BCUT2D eigenvalue weighted by Gasteiger charge is 2.09. The average molecular weight is 178 g/mol. The molecule has 0 N–H and O–H groups in total. The topological polar surface area (TPSA) is 60.4 Å². The van der Waals surface area contributed by atoms with Gasteiger partial charge in [0.25, 0.3) is 0 Å². The lowest BCUT2D eigenvalue weighted by Gasteiger charge is -2.21. The van der Waals surface area contributed by atoms with Crippen LogP contribution in [0, 0.1) is 0 Å². The first-order valence-corrected chi connectivity index (χ1v) is 4.56. The van der Waals surface area contributed by atoms with Crippen molar-refractivity contribution in [3.05, 3.63) is 0 Å². The first-order chi connectivity index (χ1) is 5.13. The Hall–Kier alpha value is -0.420. The van der Waals surface area contributed by atoms with E-state index in [0.29, 0.717) is 12.8 Å². The Morgan fingerprint density at radius 2 is 2.09 bits per heavy atom. The molecule has 0 spiro atoms. The van der Waals surface area contributed by atoms with Crippen LogP contribution in [0.25, 0.3) is 0 Å². The number of hydrogen-bond acceptors (Lipinski definition) is 3. The lowest BCUT2D eigenvalue weighted by atomic mass is 10.3. The monoisotopic (exact) mass is 178 g/mol. The molecule has 0 saturated heterocycles. The maximum absolute atomic E-state index is 10.9. The van der Waals surface area contributed by atoms with Gasteiger partial charge < -0.3 is 4.55 Å². The Labute approximate surface area is 69.0 Å². The van der Waals surface area contributed by atoms with Gasteiger partial charge in [0.05, 0.1) is 0 Å². The van der Waals surface area contributed by atoms with Crippen LogP contribution in [0.1, 0.15) is 26.7 Å². The zero-order valence-corrected chi connectivity index (χ0v) is 7.52. The van der Waals surface area contributed by atoms with Gasteiger partial charge in [0, 0.05) is 24.2 Å². The molecule has 66 valence electrons. The molecule has 5 heteroatoms. The molecule has 0 aliphatic rings. The number of carbonyl (C=O) groups excluding carboxylic acids is 1. The fourth-order valence-corrected chi connectivity index (χ4v) is 1.17. The van der Waals surface area contributed by atoms with Gasteiger partial charge in [-0.3, -0.25) is 13.3 Å². The third kappa shape index (κ3) is 3.48. The smallest absolute Gasteiger partial charge is 0.233 e. The molecule has 0 aliphatic carbocycles. The van der Waals surface area contributed by atoms with Gasteiger partial charge in [-0.15, -0.1) is 0 Å². The van der Waals surface area contributed by atoms with Crippen LogP contribution in [0.2, 0.25) is 0 Å². The van der Waals surface area contributed by atoms with E-state index < -0.39 is 11.3 Å².